The van der Waals surface area contributed by atoms with Gasteiger partial charge in [0.15, 0.2) is 0 Å². The molecule has 36 heavy (non-hydrogen) atoms. The molecule has 2 atom stereocenters. The van der Waals surface area contributed by atoms with Crippen LogP contribution >= 0.6 is 0 Å². The third-order valence-electron chi connectivity index (χ3n) is 5.73. The number of aryl methyl sites for hydroxylation is 1. The number of benzene rings is 3. The number of hydrogen-bond acceptors (Lipinski definition) is 7. The largest absolute Gasteiger partial charge is 0.755 e. The molecule has 0 radical (unpaired) electrons. The summed E-state index contributed by atoms with van der Waals surface area (Å²) in [5.41, 5.74) is 3.69. The van der Waals surface area contributed by atoms with E-state index in [0.717, 1.165) is 33.2 Å². The first-order valence-corrected chi connectivity index (χ1v) is 12.4. The summed E-state index contributed by atoms with van der Waals surface area (Å²) in [4.78, 5) is 11.1. The molecule has 4 N–H and O–H groups in total. The first kappa shape index (κ1) is 27.2. The zero-order valence-corrected chi connectivity index (χ0v) is 20.8. The molecule has 0 aliphatic carbocycles. The van der Waals surface area contributed by atoms with Gasteiger partial charge < -0.3 is 34.2 Å². The molecule has 0 spiro atoms. The number of carboxylic acids is 1. The van der Waals surface area contributed by atoms with E-state index < -0.39 is 23.3 Å². The number of nitrogens with one attached hydrogen (secondary N) is 1. The monoisotopic (exact) mass is 513 g/mol. The van der Waals surface area contributed by atoms with Gasteiger partial charge in [-0.15, -0.1) is 0 Å². The van der Waals surface area contributed by atoms with Gasteiger partial charge in [-0.25, -0.2) is 4.79 Å². The second-order valence-corrected chi connectivity index (χ2v) is 9.07. The summed E-state index contributed by atoms with van der Waals surface area (Å²) in [6.07, 6.45) is -0.148. The van der Waals surface area contributed by atoms with Crippen LogP contribution in [0.2, 0.25) is 0 Å². The van der Waals surface area contributed by atoms with Crippen LogP contribution in [0.5, 0.6) is 11.5 Å². The van der Waals surface area contributed by atoms with Crippen LogP contribution in [0.25, 0.3) is 11.1 Å². The fourth-order valence-corrected chi connectivity index (χ4v) is 3.96. The van der Waals surface area contributed by atoms with Crippen molar-refractivity contribution >= 4 is 22.9 Å². The second kappa shape index (κ2) is 12.5. The molecule has 0 saturated heterocycles. The number of ether oxygens (including phenoxy) is 1. The Morgan fingerprint density at radius 1 is 1.11 bits per heavy atom. The van der Waals surface area contributed by atoms with Gasteiger partial charge in [0.1, 0.15) is 18.1 Å². The van der Waals surface area contributed by atoms with Gasteiger partial charge in [-0.3, -0.25) is 4.21 Å². The number of aromatic hydroxyl groups is 1. The topological polar surface area (TPSA) is 142 Å². The van der Waals surface area contributed by atoms with Gasteiger partial charge in [-0.2, -0.15) is 0 Å². The van der Waals surface area contributed by atoms with Crippen LogP contribution in [0.4, 0.5) is 5.69 Å². The molecular weight excluding hydrogens is 484 g/mol. The lowest BCUT2D eigenvalue weighted by molar-refractivity contribution is 0.0697. The van der Waals surface area contributed by atoms with Crippen molar-refractivity contribution < 1.29 is 33.6 Å². The minimum atomic E-state index is -2.55. The van der Waals surface area contributed by atoms with Crippen molar-refractivity contribution in [1.82, 2.24) is 5.32 Å². The van der Waals surface area contributed by atoms with E-state index in [1.54, 1.807) is 24.3 Å². The lowest BCUT2D eigenvalue weighted by Gasteiger charge is -2.23. The quantitative estimate of drug-likeness (QED) is 0.214. The van der Waals surface area contributed by atoms with E-state index in [1.807, 2.05) is 25.1 Å². The SMILES string of the molecule is CCc1cc(-c2ccc(C(=O)O)cc2)ccc1OCCNCC(O)c1ccc(O)c(N(C)S(=O)[O-])c1. The number of hydrogen-bond donors (Lipinski definition) is 4. The first-order chi connectivity index (χ1) is 17.2. The normalized spacial score (nSPS) is 12.7. The zero-order valence-electron chi connectivity index (χ0n) is 20.0. The van der Waals surface area contributed by atoms with Crippen molar-refractivity contribution in [3.8, 4) is 22.6 Å². The Bertz CT molecular complexity index is 1220. The first-order valence-electron chi connectivity index (χ1n) is 11.4. The number of carbonyl (C=O) groups is 1. The molecule has 0 aliphatic rings. The highest BCUT2D eigenvalue weighted by Crippen LogP contribution is 2.30. The molecule has 9 nitrogen and oxygen atoms in total. The summed E-state index contributed by atoms with van der Waals surface area (Å²) < 4.78 is 29.1. The van der Waals surface area contributed by atoms with Gasteiger partial charge in [0.2, 0.25) is 0 Å². The number of carboxylic acid groups (broad SMARTS) is 1. The molecular formula is C26H29N2O7S-. The standard InChI is InChI=1S/C26H30N2O7S/c1-3-17-14-20(18-4-6-19(7-5-18)26(31)32)9-11-25(17)35-13-12-27-16-24(30)21-8-10-23(29)22(15-21)28(2)36(33)34/h4-11,14-15,24,27,29-30H,3,12-13,16H2,1-2H3,(H,31,32)(H,33,34)/p-1. The average molecular weight is 514 g/mol. The van der Waals surface area contributed by atoms with E-state index in [0.29, 0.717) is 18.7 Å². The third-order valence-corrected chi connectivity index (χ3v) is 6.37. The number of phenols is 1. The van der Waals surface area contributed by atoms with Crippen LogP contribution in [0, 0.1) is 0 Å². The molecule has 0 amide bonds. The zero-order chi connectivity index (χ0) is 26.2. The number of aliphatic hydroxyl groups is 1. The van der Waals surface area contributed by atoms with Crippen molar-refractivity contribution in [3.05, 3.63) is 77.4 Å². The van der Waals surface area contributed by atoms with E-state index in [1.165, 1.54) is 25.2 Å². The van der Waals surface area contributed by atoms with Crippen molar-refractivity contribution in [2.45, 2.75) is 19.4 Å². The molecule has 0 saturated carbocycles. The highest BCUT2D eigenvalue weighted by atomic mass is 32.2. The summed E-state index contributed by atoms with van der Waals surface area (Å²) in [5.74, 6) is -0.408. The van der Waals surface area contributed by atoms with E-state index in [9.17, 15) is 23.8 Å². The maximum atomic E-state index is 11.2. The molecule has 3 aromatic rings. The maximum absolute atomic E-state index is 11.2. The molecule has 0 bridgehead atoms. The van der Waals surface area contributed by atoms with Crippen molar-refractivity contribution in [1.29, 1.82) is 0 Å². The summed E-state index contributed by atoms with van der Waals surface area (Å²) >= 11 is -2.55. The minimum absolute atomic E-state index is 0.0802. The highest BCUT2D eigenvalue weighted by molar-refractivity contribution is 7.80. The maximum Gasteiger partial charge on any atom is 0.335 e. The molecule has 192 valence electrons. The third kappa shape index (κ3) is 6.82. The lowest BCUT2D eigenvalue weighted by atomic mass is 10.00. The van der Waals surface area contributed by atoms with Crippen molar-refractivity contribution in [2.75, 3.05) is 31.0 Å². The number of aromatic carboxylic acids is 1. The predicted molar refractivity (Wildman–Crippen MR) is 137 cm³/mol. The molecule has 3 aromatic carbocycles. The number of phenolic OH excluding ortho intramolecular Hbond substituents is 1. The van der Waals surface area contributed by atoms with Gasteiger partial charge in [-0.05, 0) is 65.1 Å². The Morgan fingerprint density at radius 3 is 2.44 bits per heavy atom. The minimum Gasteiger partial charge on any atom is -0.755 e. The van der Waals surface area contributed by atoms with E-state index >= 15 is 0 Å². The fraction of sp³-hybridized carbons (Fsp3) is 0.269. The van der Waals surface area contributed by atoms with Gasteiger partial charge in [-0.1, -0.05) is 31.2 Å². The van der Waals surface area contributed by atoms with Crippen LogP contribution < -0.4 is 14.4 Å². The van der Waals surface area contributed by atoms with Crippen LogP contribution in [-0.2, 0) is 17.7 Å². The summed E-state index contributed by atoms with van der Waals surface area (Å²) in [6, 6.07) is 16.9. The highest BCUT2D eigenvalue weighted by Gasteiger charge is 2.14. The predicted octanol–water partition coefficient (Wildman–Crippen LogP) is 3.25. The Hall–Kier alpha value is -3.44. The van der Waals surface area contributed by atoms with Crippen LogP contribution in [0.3, 0.4) is 0 Å². The number of anilines is 1. The van der Waals surface area contributed by atoms with E-state index in [4.69, 9.17) is 9.84 Å². The molecule has 0 aliphatic heterocycles. The smallest absolute Gasteiger partial charge is 0.335 e. The number of rotatable bonds is 12. The molecule has 0 aromatic heterocycles. The Morgan fingerprint density at radius 2 is 1.81 bits per heavy atom. The number of aliphatic hydroxyl groups excluding tert-OH is 1. The molecule has 0 fully saturated rings. The molecule has 10 heteroatoms. The van der Waals surface area contributed by atoms with Crippen molar-refractivity contribution in [2.24, 2.45) is 0 Å². The second-order valence-electron chi connectivity index (χ2n) is 8.09. The Kier molecular flexibility index (Phi) is 9.43. The van der Waals surface area contributed by atoms with Gasteiger partial charge in [0.25, 0.3) is 0 Å². The summed E-state index contributed by atoms with van der Waals surface area (Å²) in [5, 5.41) is 32.5. The molecule has 3 rings (SSSR count). The molecule has 0 heterocycles. The van der Waals surface area contributed by atoms with Crippen LogP contribution in [0.1, 0.15) is 34.5 Å². The average Bonchev–Trinajstić information content (AvgIpc) is 2.88. The van der Waals surface area contributed by atoms with Crippen LogP contribution in [0.15, 0.2) is 60.7 Å². The van der Waals surface area contributed by atoms with Crippen molar-refractivity contribution in [3.63, 3.8) is 0 Å². The van der Waals surface area contributed by atoms with Gasteiger partial charge >= 0.3 is 5.97 Å². The number of nitrogens with zero attached hydrogens (tertiary/aromatic N) is 1. The van der Waals surface area contributed by atoms with Gasteiger partial charge in [0.05, 0.1) is 17.4 Å². The fourth-order valence-electron chi connectivity index (χ4n) is 3.65. The summed E-state index contributed by atoms with van der Waals surface area (Å²) in [6.45, 7) is 3.07. The molecule has 2 unspecified atom stereocenters. The summed E-state index contributed by atoms with van der Waals surface area (Å²) in [7, 11) is 1.30. The van der Waals surface area contributed by atoms with E-state index in [-0.39, 0.29) is 23.5 Å². The Balaban J connectivity index is 1.53. The van der Waals surface area contributed by atoms with Crippen LogP contribution in [-0.4, -0.2) is 56.8 Å². The Labute approximate surface area is 212 Å². The lowest BCUT2D eigenvalue weighted by Crippen LogP contribution is -2.26. The van der Waals surface area contributed by atoms with E-state index in [2.05, 4.69) is 5.32 Å². The van der Waals surface area contributed by atoms with Gasteiger partial charge in [0, 0.05) is 31.4 Å².